The van der Waals surface area contributed by atoms with E-state index in [1.807, 2.05) is 48.5 Å². The van der Waals surface area contributed by atoms with Gasteiger partial charge >= 0.3 is 0 Å². The summed E-state index contributed by atoms with van der Waals surface area (Å²) in [6, 6.07) is 15.7. The minimum atomic E-state index is -0.501. The largest absolute Gasteiger partial charge is 0.492 e. The van der Waals surface area contributed by atoms with Crippen LogP contribution in [0, 0.1) is 0 Å². The van der Waals surface area contributed by atoms with E-state index in [0.29, 0.717) is 18.1 Å². The highest BCUT2D eigenvalue weighted by Crippen LogP contribution is 2.50. The Kier molecular flexibility index (Phi) is 4.45. The van der Waals surface area contributed by atoms with E-state index in [4.69, 9.17) is 9.47 Å². The fourth-order valence-electron chi connectivity index (χ4n) is 2.98. The lowest BCUT2D eigenvalue weighted by Gasteiger charge is -2.38. The molecule has 0 aliphatic heterocycles. The fraction of sp³-hybridized carbons (Fsp3) is 0.316. The number of methoxy groups -OCH3 is 1. The van der Waals surface area contributed by atoms with Crippen LogP contribution in [0.3, 0.4) is 0 Å². The summed E-state index contributed by atoms with van der Waals surface area (Å²) in [5.41, 5.74) is 1.49. The molecule has 0 unspecified atom stereocenters. The number of hydrogen-bond donors (Lipinski definition) is 0. The Morgan fingerprint density at radius 1 is 1.13 bits per heavy atom. The smallest absolute Gasteiger partial charge is 0.235 e. The molecule has 2 aromatic carbocycles. The summed E-state index contributed by atoms with van der Waals surface area (Å²) in [4.78, 5) is 14.9. The molecule has 0 bridgehead atoms. The molecule has 23 heavy (non-hydrogen) atoms. The Morgan fingerprint density at radius 3 is 2.52 bits per heavy atom. The van der Waals surface area contributed by atoms with E-state index in [1.165, 1.54) is 0 Å². The highest BCUT2D eigenvalue weighted by Gasteiger charge is 2.41. The van der Waals surface area contributed by atoms with Crippen molar-refractivity contribution in [3.8, 4) is 11.5 Å². The van der Waals surface area contributed by atoms with Gasteiger partial charge in [-0.05, 0) is 30.9 Å². The van der Waals surface area contributed by atoms with E-state index in [2.05, 4.69) is 4.99 Å². The van der Waals surface area contributed by atoms with Crippen molar-refractivity contribution in [2.24, 2.45) is 4.99 Å². The quantitative estimate of drug-likeness (QED) is 0.599. The lowest BCUT2D eigenvalue weighted by atomic mass is 9.72. The summed E-state index contributed by atoms with van der Waals surface area (Å²) in [6.07, 6.45) is 4.43. The van der Waals surface area contributed by atoms with Crippen LogP contribution in [-0.4, -0.2) is 13.2 Å². The van der Waals surface area contributed by atoms with Gasteiger partial charge in [0.15, 0.2) is 11.5 Å². The molecular formula is C19H19NO3. The number of rotatable bonds is 6. The molecule has 0 aromatic heterocycles. The number of hydrogen-bond acceptors (Lipinski definition) is 4. The van der Waals surface area contributed by atoms with Gasteiger partial charge in [0.2, 0.25) is 6.08 Å². The molecule has 0 atom stereocenters. The van der Waals surface area contributed by atoms with Crippen molar-refractivity contribution in [1.29, 1.82) is 0 Å². The van der Waals surface area contributed by atoms with Gasteiger partial charge in [0.05, 0.1) is 7.11 Å². The lowest BCUT2D eigenvalue weighted by Crippen LogP contribution is -2.32. The first-order valence-corrected chi connectivity index (χ1v) is 7.72. The highest BCUT2D eigenvalue weighted by molar-refractivity contribution is 5.52. The zero-order valence-corrected chi connectivity index (χ0v) is 13.1. The molecule has 1 saturated carbocycles. The first-order valence-electron chi connectivity index (χ1n) is 7.72. The van der Waals surface area contributed by atoms with E-state index in [0.717, 1.165) is 30.4 Å². The minimum absolute atomic E-state index is 0.463. The van der Waals surface area contributed by atoms with Crippen molar-refractivity contribution in [2.75, 3.05) is 7.11 Å². The molecule has 2 aromatic rings. The number of para-hydroxylation sites is 1. The number of aliphatic imine (C=N–C) groups is 1. The molecule has 1 aliphatic carbocycles. The molecule has 0 N–H and O–H groups in total. The first kappa shape index (κ1) is 15.3. The average molecular weight is 309 g/mol. The molecule has 0 heterocycles. The summed E-state index contributed by atoms with van der Waals surface area (Å²) in [6.45, 7) is 0.463. The van der Waals surface area contributed by atoms with E-state index >= 15 is 0 Å². The summed E-state index contributed by atoms with van der Waals surface area (Å²) in [5, 5.41) is 0. The normalized spacial score (nSPS) is 15.2. The number of benzene rings is 2. The zero-order valence-electron chi connectivity index (χ0n) is 13.1. The van der Waals surface area contributed by atoms with Gasteiger partial charge in [0.25, 0.3) is 0 Å². The topological polar surface area (TPSA) is 47.9 Å². The Morgan fingerprint density at radius 2 is 1.91 bits per heavy atom. The molecule has 1 fully saturated rings. The molecule has 4 heteroatoms. The van der Waals surface area contributed by atoms with Crippen molar-refractivity contribution < 1.29 is 14.3 Å². The van der Waals surface area contributed by atoms with Crippen molar-refractivity contribution in [3.05, 3.63) is 59.7 Å². The van der Waals surface area contributed by atoms with Crippen LogP contribution in [0.4, 0.5) is 0 Å². The lowest BCUT2D eigenvalue weighted by molar-refractivity contribution is 0.237. The summed E-state index contributed by atoms with van der Waals surface area (Å²) in [5.74, 6) is 1.32. The molecule has 4 nitrogen and oxygen atoms in total. The molecule has 1 aliphatic rings. The summed E-state index contributed by atoms with van der Waals surface area (Å²) in [7, 11) is 1.62. The molecule has 3 rings (SSSR count). The van der Waals surface area contributed by atoms with Crippen molar-refractivity contribution >= 4 is 6.08 Å². The fourth-order valence-corrected chi connectivity index (χ4v) is 2.98. The van der Waals surface area contributed by atoms with Gasteiger partial charge in [-0.1, -0.05) is 42.5 Å². The number of nitrogens with zero attached hydrogens (tertiary/aromatic N) is 1. The number of carbonyl (C=O) groups excluding carboxylic acids is 1. The second-order valence-electron chi connectivity index (χ2n) is 5.70. The van der Waals surface area contributed by atoms with Crippen LogP contribution < -0.4 is 9.47 Å². The second kappa shape index (κ2) is 6.67. The monoisotopic (exact) mass is 309 g/mol. The third-order valence-corrected chi connectivity index (χ3v) is 4.36. The highest BCUT2D eigenvalue weighted by atomic mass is 16.5. The maximum Gasteiger partial charge on any atom is 0.235 e. The zero-order chi connectivity index (χ0) is 16.1. The van der Waals surface area contributed by atoms with Crippen LogP contribution in [0.15, 0.2) is 53.5 Å². The van der Waals surface area contributed by atoms with Gasteiger partial charge in [-0.2, -0.15) is 4.99 Å². The van der Waals surface area contributed by atoms with Gasteiger partial charge in [0, 0.05) is 5.56 Å². The summed E-state index contributed by atoms with van der Waals surface area (Å²) < 4.78 is 11.5. The number of isocyanates is 1. The molecular weight excluding hydrogens is 290 g/mol. The third-order valence-electron chi connectivity index (χ3n) is 4.36. The average Bonchev–Trinajstić information content (AvgIpc) is 2.57. The van der Waals surface area contributed by atoms with Crippen LogP contribution in [-0.2, 0) is 16.9 Å². The van der Waals surface area contributed by atoms with Gasteiger partial charge in [-0.15, -0.1) is 0 Å². The van der Waals surface area contributed by atoms with Gasteiger partial charge in [0.1, 0.15) is 12.1 Å². The Labute approximate surface area is 135 Å². The van der Waals surface area contributed by atoms with E-state index in [9.17, 15) is 4.79 Å². The molecule has 0 saturated heterocycles. The molecule has 0 radical (unpaired) electrons. The van der Waals surface area contributed by atoms with Gasteiger partial charge in [-0.25, -0.2) is 4.79 Å². The Bertz CT molecular complexity index is 717. The van der Waals surface area contributed by atoms with E-state index < -0.39 is 5.54 Å². The van der Waals surface area contributed by atoms with E-state index in [-0.39, 0.29) is 0 Å². The standard InChI is InChI=1S/C19H19NO3/c1-22-18-16(19(20-14-21)11-6-12-19)9-5-10-17(18)23-13-15-7-3-2-4-8-15/h2-5,7-10H,6,11-13H2,1H3. The van der Waals surface area contributed by atoms with Crippen molar-refractivity contribution in [3.63, 3.8) is 0 Å². The van der Waals surface area contributed by atoms with Crippen LogP contribution in [0.5, 0.6) is 11.5 Å². The van der Waals surface area contributed by atoms with Crippen LogP contribution in [0.2, 0.25) is 0 Å². The van der Waals surface area contributed by atoms with Crippen LogP contribution >= 0.6 is 0 Å². The van der Waals surface area contributed by atoms with Crippen LogP contribution in [0.25, 0.3) is 0 Å². The number of ether oxygens (including phenoxy) is 2. The second-order valence-corrected chi connectivity index (χ2v) is 5.70. The Hall–Kier alpha value is -2.58. The minimum Gasteiger partial charge on any atom is -0.492 e. The molecule has 118 valence electrons. The van der Waals surface area contributed by atoms with E-state index in [1.54, 1.807) is 13.2 Å². The van der Waals surface area contributed by atoms with Crippen LogP contribution in [0.1, 0.15) is 30.4 Å². The maximum atomic E-state index is 10.8. The molecule has 0 amide bonds. The van der Waals surface area contributed by atoms with Crippen molar-refractivity contribution in [2.45, 2.75) is 31.4 Å². The van der Waals surface area contributed by atoms with Gasteiger partial charge < -0.3 is 9.47 Å². The SMILES string of the molecule is COc1c(OCc2ccccc2)cccc1C1(N=C=O)CCC1. The summed E-state index contributed by atoms with van der Waals surface area (Å²) >= 11 is 0. The molecule has 0 spiro atoms. The first-order chi connectivity index (χ1) is 11.3. The van der Waals surface area contributed by atoms with Gasteiger partial charge in [-0.3, -0.25) is 0 Å². The Balaban J connectivity index is 1.89. The third kappa shape index (κ3) is 2.99. The maximum absolute atomic E-state index is 10.8. The predicted molar refractivity (Wildman–Crippen MR) is 87.4 cm³/mol. The predicted octanol–water partition coefficient (Wildman–Crippen LogP) is 3.99. The van der Waals surface area contributed by atoms with Crippen molar-refractivity contribution in [1.82, 2.24) is 0 Å².